The maximum atomic E-state index is 11.7. The number of carbonyl (C=O) groups is 1. The molecule has 0 unspecified atom stereocenters. The first-order valence-corrected chi connectivity index (χ1v) is 11.7. The van der Waals surface area contributed by atoms with Gasteiger partial charge in [0.15, 0.2) is 0 Å². The molecule has 0 rings (SSSR count). The van der Waals surface area contributed by atoms with Crippen molar-refractivity contribution < 1.29 is 14.3 Å². The minimum atomic E-state index is -0.0214. The molecule has 0 spiro atoms. The van der Waals surface area contributed by atoms with E-state index in [9.17, 15) is 4.79 Å². The molecule has 27 heavy (non-hydrogen) atoms. The Morgan fingerprint density at radius 3 is 1.96 bits per heavy atom. The van der Waals surface area contributed by atoms with E-state index in [2.05, 4.69) is 19.2 Å². The highest BCUT2D eigenvalue weighted by Crippen LogP contribution is 2.09. The highest BCUT2D eigenvalue weighted by Gasteiger charge is 2.02. The van der Waals surface area contributed by atoms with Crippen molar-refractivity contribution in [1.29, 1.82) is 0 Å². The average Bonchev–Trinajstić information content (AvgIpc) is 2.67. The summed E-state index contributed by atoms with van der Waals surface area (Å²) in [5.74, 6) is -0.0214. The van der Waals surface area contributed by atoms with E-state index in [1.165, 1.54) is 57.8 Å². The fraction of sp³-hybridized carbons (Fsp3) is 0.957. The second-order valence-corrected chi connectivity index (χ2v) is 7.58. The second kappa shape index (κ2) is 23.4. The van der Waals surface area contributed by atoms with Crippen molar-refractivity contribution >= 4 is 5.97 Å². The van der Waals surface area contributed by atoms with Crippen molar-refractivity contribution in [2.45, 2.75) is 110 Å². The van der Waals surface area contributed by atoms with E-state index in [1.807, 2.05) is 0 Å². The van der Waals surface area contributed by atoms with Crippen LogP contribution in [0.3, 0.4) is 0 Å². The van der Waals surface area contributed by atoms with Crippen LogP contribution < -0.4 is 5.32 Å². The van der Waals surface area contributed by atoms with Crippen molar-refractivity contribution in [3.8, 4) is 0 Å². The van der Waals surface area contributed by atoms with Crippen molar-refractivity contribution in [2.24, 2.45) is 0 Å². The van der Waals surface area contributed by atoms with Gasteiger partial charge < -0.3 is 14.8 Å². The van der Waals surface area contributed by atoms with Crippen LogP contribution in [0.15, 0.2) is 0 Å². The summed E-state index contributed by atoms with van der Waals surface area (Å²) in [5, 5.41) is 3.38. The fourth-order valence-electron chi connectivity index (χ4n) is 2.98. The van der Waals surface area contributed by atoms with E-state index in [0.29, 0.717) is 13.0 Å². The molecule has 0 amide bonds. The number of hydrogen-bond acceptors (Lipinski definition) is 4. The maximum absolute atomic E-state index is 11.7. The first kappa shape index (κ1) is 26.4. The van der Waals surface area contributed by atoms with E-state index >= 15 is 0 Å². The van der Waals surface area contributed by atoms with Gasteiger partial charge in [0.05, 0.1) is 13.2 Å². The zero-order valence-electron chi connectivity index (χ0n) is 18.4. The number of carbonyl (C=O) groups excluding carboxylic acids is 1. The maximum Gasteiger partial charge on any atom is 0.305 e. The molecule has 0 fully saturated rings. The number of unbranched alkanes of at least 4 members (excludes halogenated alkanes) is 11. The Morgan fingerprint density at radius 2 is 1.26 bits per heavy atom. The number of rotatable bonds is 22. The van der Waals surface area contributed by atoms with E-state index in [4.69, 9.17) is 9.47 Å². The SMILES string of the molecule is CCCCCCCCCCCOC(=O)CCCCCNCCOCCCC. The van der Waals surface area contributed by atoms with Crippen LogP contribution in [0, 0.1) is 0 Å². The zero-order chi connectivity index (χ0) is 19.8. The molecule has 4 heteroatoms. The zero-order valence-corrected chi connectivity index (χ0v) is 18.4. The van der Waals surface area contributed by atoms with Gasteiger partial charge in [-0.1, -0.05) is 78.1 Å². The molecule has 1 N–H and O–H groups in total. The quantitative estimate of drug-likeness (QED) is 0.183. The minimum absolute atomic E-state index is 0.0214. The highest BCUT2D eigenvalue weighted by atomic mass is 16.5. The predicted molar refractivity (Wildman–Crippen MR) is 115 cm³/mol. The van der Waals surface area contributed by atoms with Gasteiger partial charge in [0.1, 0.15) is 0 Å². The van der Waals surface area contributed by atoms with Crippen molar-refractivity contribution in [3.63, 3.8) is 0 Å². The Labute approximate surface area is 169 Å². The summed E-state index contributed by atoms with van der Waals surface area (Å²) in [4.78, 5) is 11.7. The molecule has 0 aromatic rings. The van der Waals surface area contributed by atoms with Crippen molar-refractivity contribution in [1.82, 2.24) is 5.32 Å². The van der Waals surface area contributed by atoms with Crippen molar-refractivity contribution in [2.75, 3.05) is 32.9 Å². The Hall–Kier alpha value is -0.610. The normalized spacial score (nSPS) is 11.0. The van der Waals surface area contributed by atoms with Crippen molar-refractivity contribution in [3.05, 3.63) is 0 Å². The third kappa shape index (κ3) is 23.4. The Kier molecular flexibility index (Phi) is 22.9. The standard InChI is InChI=1S/C23H47NO3/c1-3-5-7-8-9-10-11-12-16-21-27-23(25)17-14-13-15-18-24-19-22-26-20-6-4-2/h24H,3-22H2,1-2H3. The van der Waals surface area contributed by atoms with Gasteiger partial charge in [-0.25, -0.2) is 0 Å². The molecule has 0 saturated heterocycles. The topological polar surface area (TPSA) is 47.6 Å². The molecule has 0 heterocycles. The Morgan fingerprint density at radius 1 is 0.630 bits per heavy atom. The summed E-state index contributed by atoms with van der Waals surface area (Å²) >= 11 is 0. The van der Waals surface area contributed by atoms with E-state index < -0.39 is 0 Å². The minimum Gasteiger partial charge on any atom is -0.466 e. The number of esters is 1. The van der Waals surface area contributed by atoms with Gasteiger partial charge in [-0.2, -0.15) is 0 Å². The largest absolute Gasteiger partial charge is 0.466 e. The summed E-state index contributed by atoms with van der Waals surface area (Å²) in [6.07, 6.45) is 17.7. The van der Waals surface area contributed by atoms with Gasteiger partial charge in [-0.3, -0.25) is 4.79 Å². The van der Waals surface area contributed by atoms with Crippen LogP contribution in [0.25, 0.3) is 0 Å². The van der Waals surface area contributed by atoms with Gasteiger partial charge >= 0.3 is 5.97 Å². The van der Waals surface area contributed by atoms with Crippen LogP contribution in [-0.4, -0.2) is 38.9 Å². The third-order valence-corrected chi connectivity index (χ3v) is 4.81. The van der Waals surface area contributed by atoms with E-state index in [0.717, 1.165) is 58.4 Å². The summed E-state index contributed by atoms with van der Waals surface area (Å²) in [6, 6.07) is 0. The molecular weight excluding hydrogens is 338 g/mol. The number of ether oxygens (including phenoxy) is 2. The summed E-state index contributed by atoms with van der Waals surface area (Å²) in [7, 11) is 0. The van der Waals surface area contributed by atoms with Crippen LogP contribution in [-0.2, 0) is 14.3 Å². The highest BCUT2D eigenvalue weighted by molar-refractivity contribution is 5.69. The van der Waals surface area contributed by atoms with Gasteiger partial charge in [0.25, 0.3) is 0 Å². The lowest BCUT2D eigenvalue weighted by molar-refractivity contribution is -0.143. The molecule has 0 bridgehead atoms. The molecule has 4 nitrogen and oxygen atoms in total. The molecule has 0 aliphatic carbocycles. The van der Waals surface area contributed by atoms with Crippen LogP contribution in [0.5, 0.6) is 0 Å². The first-order valence-electron chi connectivity index (χ1n) is 11.7. The molecule has 0 radical (unpaired) electrons. The van der Waals surface area contributed by atoms with Crippen LogP contribution in [0.1, 0.15) is 110 Å². The van der Waals surface area contributed by atoms with Gasteiger partial charge in [0, 0.05) is 19.6 Å². The average molecular weight is 386 g/mol. The van der Waals surface area contributed by atoms with Gasteiger partial charge in [-0.15, -0.1) is 0 Å². The second-order valence-electron chi connectivity index (χ2n) is 7.58. The number of nitrogens with one attached hydrogen (secondary N) is 1. The molecule has 0 aromatic carbocycles. The van der Waals surface area contributed by atoms with Crippen LogP contribution in [0.4, 0.5) is 0 Å². The monoisotopic (exact) mass is 385 g/mol. The van der Waals surface area contributed by atoms with Crippen LogP contribution >= 0.6 is 0 Å². The van der Waals surface area contributed by atoms with Crippen LogP contribution in [0.2, 0.25) is 0 Å². The smallest absolute Gasteiger partial charge is 0.305 e. The fourth-order valence-corrected chi connectivity index (χ4v) is 2.98. The first-order chi connectivity index (χ1) is 13.3. The molecule has 162 valence electrons. The molecular formula is C23H47NO3. The Balaban J connectivity index is 3.13. The lowest BCUT2D eigenvalue weighted by Crippen LogP contribution is -2.21. The summed E-state index contributed by atoms with van der Waals surface area (Å²) in [5.41, 5.74) is 0. The lowest BCUT2D eigenvalue weighted by Gasteiger charge is -2.06. The molecule has 0 atom stereocenters. The van der Waals surface area contributed by atoms with Gasteiger partial charge in [0.2, 0.25) is 0 Å². The number of hydrogen-bond donors (Lipinski definition) is 1. The third-order valence-electron chi connectivity index (χ3n) is 4.81. The predicted octanol–water partition coefficient (Wildman–Crippen LogP) is 6.03. The Bertz CT molecular complexity index is 297. The molecule has 0 aliphatic rings. The summed E-state index contributed by atoms with van der Waals surface area (Å²) < 4.78 is 10.8. The molecule has 0 saturated carbocycles. The lowest BCUT2D eigenvalue weighted by atomic mass is 10.1. The van der Waals surface area contributed by atoms with E-state index in [1.54, 1.807) is 0 Å². The van der Waals surface area contributed by atoms with E-state index in [-0.39, 0.29) is 5.97 Å². The summed E-state index contributed by atoms with van der Waals surface area (Å²) in [6.45, 7) is 8.63. The van der Waals surface area contributed by atoms with Gasteiger partial charge in [-0.05, 0) is 32.2 Å². The molecule has 0 aromatic heterocycles. The molecule has 0 aliphatic heterocycles.